The van der Waals surface area contributed by atoms with Gasteiger partial charge in [0.25, 0.3) is 0 Å². The molecule has 2 heterocycles. The van der Waals surface area contributed by atoms with Crippen molar-refractivity contribution in [3.63, 3.8) is 0 Å². The monoisotopic (exact) mass is 260 g/mol. The lowest BCUT2D eigenvalue weighted by Gasteiger charge is -2.39. The average Bonchev–Trinajstić information content (AvgIpc) is 2.47. The third-order valence-corrected chi connectivity index (χ3v) is 5.16. The van der Waals surface area contributed by atoms with Gasteiger partial charge in [0, 0.05) is 37.0 Å². The van der Waals surface area contributed by atoms with Crippen molar-refractivity contribution in [2.75, 3.05) is 13.1 Å². The van der Waals surface area contributed by atoms with Gasteiger partial charge in [-0.3, -0.25) is 9.89 Å². The summed E-state index contributed by atoms with van der Waals surface area (Å²) in [5, 5.41) is 0. The summed E-state index contributed by atoms with van der Waals surface area (Å²) in [5.41, 5.74) is 4.54. The summed E-state index contributed by atoms with van der Waals surface area (Å²) < 4.78 is 0. The summed E-state index contributed by atoms with van der Waals surface area (Å²) in [7, 11) is 0. The summed E-state index contributed by atoms with van der Waals surface area (Å²) in [5.74, 6) is 0.630. The van der Waals surface area contributed by atoms with Gasteiger partial charge in [-0.1, -0.05) is 33.1 Å². The molecule has 0 unspecified atom stereocenters. The molecule has 1 fully saturated rings. The minimum atomic E-state index is 0.630. The van der Waals surface area contributed by atoms with Gasteiger partial charge in [-0.15, -0.1) is 0 Å². The van der Waals surface area contributed by atoms with E-state index in [1.807, 2.05) is 0 Å². The molecule has 3 rings (SSSR count). The zero-order valence-electron chi connectivity index (χ0n) is 12.6. The first-order chi connectivity index (χ1) is 9.24. The van der Waals surface area contributed by atoms with Gasteiger partial charge in [0.2, 0.25) is 0 Å². The Balaban J connectivity index is 1.68. The number of hydrogen-bond acceptors (Lipinski definition) is 2. The number of hydrogen-bond donors (Lipinski definition) is 0. The molecule has 0 amide bonds. The molecule has 0 atom stereocenters. The Morgan fingerprint density at radius 3 is 2.58 bits per heavy atom. The molecule has 106 valence electrons. The number of aliphatic imine (C=N–C) groups is 1. The van der Waals surface area contributed by atoms with Crippen LogP contribution in [0.4, 0.5) is 0 Å². The fraction of sp³-hybridized carbons (Fsp3) is 0.824. The van der Waals surface area contributed by atoms with E-state index in [1.54, 1.807) is 5.57 Å². The molecule has 19 heavy (non-hydrogen) atoms. The lowest BCUT2D eigenvalue weighted by atomic mass is 9.89. The summed E-state index contributed by atoms with van der Waals surface area (Å²) in [6, 6.07) is 0.873. The molecule has 1 aliphatic carbocycles. The molecule has 0 bridgehead atoms. The van der Waals surface area contributed by atoms with Crippen LogP contribution in [0.1, 0.15) is 65.2 Å². The first-order valence-corrected chi connectivity index (χ1v) is 8.26. The highest BCUT2D eigenvalue weighted by Gasteiger charge is 2.28. The first-order valence-electron chi connectivity index (χ1n) is 8.26. The number of nitrogens with zero attached hydrogens (tertiary/aromatic N) is 2. The van der Waals surface area contributed by atoms with Crippen LogP contribution in [0.3, 0.4) is 0 Å². The van der Waals surface area contributed by atoms with Crippen molar-refractivity contribution < 1.29 is 0 Å². The van der Waals surface area contributed by atoms with E-state index < -0.39 is 0 Å². The molecule has 0 radical (unpaired) electrons. The molecule has 1 saturated carbocycles. The summed E-state index contributed by atoms with van der Waals surface area (Å²) >= 11 is 0. The highest BCUT2D eigenvalue weighted by Crippen LogP contribution is 2.32. The van der Waals surface area contributed by atoms with E-state index in [9.17, 15) is 0 Å². The van der Waals surface area contributed by atoms with Crippen molar-refractivity contribution in [3.8, 4) is 0 Å². The van der Waals surface area contributed by atoms with Gasteiger partial charge >= 0.3 is 0 Å². The van der Waals surface area contributed by atoms with Crippen LogP contribution >= 0.6 is 0 Å². The standard InChI is InChI=1S/C17H28N2/c1-13(2)16-9-8-14-12-19(11-10-17(14)18-16)15-6-4-3-5-7-15/h13,15H,3-12H2,1-2H3. The maximum absolute atomic E-state index is 4.95. The summed E-state index contributed by atoms with van der Waals surface area (Å²) in [4.78, 5) is 7.71. The summed E-state index contributed by atoms with van der Waals surface area (Å²) in [6.45, 7) is 7.02. The fourth-order valence-corrected chi connectivity index (χ4v) is 3.88. The molecular weight excluding hydrogens is 232 g/mol. The fourth-order valence-electron chi connectivity index (χ4n) is 3.88. The maximum atomic E-state index is 4.95. The van der Waals surface area contributed by atoms with Gasteiger partial charge in [-0.25, -0.2) is 0 Å². The zero-order chi connectivity index (χ0) is 13.2. The van der Waals surface area contributed by atoms with E-state index in [0.717, 1.165) is 6.04 Å². The Labute approximate surface area is 118 Å². The van der Waals surface area contributed by atoms with E-state index in [0.29, 0.717) is 5.92 Å². The van der Waals surface area contributed by atoms with Gasteiger partial charge in [0.1, 0.15) is 0 Å². The average molecular weight is 260 g/mol. The van der Waals surface area contributed by atoms with Crippen LogP contribution in [0.2, 0.25) is 0 Å². The minimum absolute atomic E-state index is 0.630. The highest BCUT2D eigenvalue weighted by atomic mass is 15.2. The van der Waals surface area contributed by atoms with Gasteiger partial charge in [-0.2, -0.15) is 0 Å². The SMILES string of the molecule is CC(C)C1=NC2=C(CC1)CN(C1CCCCC1)CC2. The third kappa shape index (κ3) is 2.94. The van der Waals surface area contributed by atoms with E-state index in [1.165, 1.54) is 75.9 Å². The topological polar surface area (TPSA) is 15.6 Å². The van der Waals surface area contributed by atoms with Crippen molar-refractivity contribution in [2.24, 2.45) is 10.9 Å². The molecule has 2 nitrogen and oxygen atoms in total. The minimum Gasteiger partial charge on any atom is -0.296 e. The molecular formula is C17H28N2. The van der Waals surface area contributed by atoms with Gasteiger partial charge in [-0.05, 0) is 37.2 Å². The second kappa shape index (κ2) is 5.78. The van der Waals surface area contributed by atoms with Crippen molar-refractivity contribution in [3.05, 3.63) is 11.3 Å². The number of rotatable bonds is 2. The molecule has 0 N–H and O–H groups in total. The van der Waals surface area contributed by atoms with Crippen molar-refractivity contribution >= 4 is 5.71 Å². The van der Waals surface area contributed by atoms with Gasteiger partial charge in [0.05, 0.1) is 0 Å². The molecule has 3 aliphatic rings. The van der Waals surface area contributed by atoms with Crippen molar-refractivity contribution in [1.29, 1.82) is 0 Å². The Hall–Kier alpha value is -0.630. The van der Waals surface area contributed by atoms with E-state index in [2.05, 4.69) is 18.7 Å². The largest absolute Gasteiger partial charge is 0.296 e. The van der Waals surface area contributed by atoms with Crippen LogP contribution in [0, 0.1) is 5.92 Å². The molecule has 0 spiro atoms. The molecule has 0 aromatic heterocycles. The van der Waals surface area contributed by atoms with E-state index >= 15 is 0 Å². The maximum Gasteiger partial charge on any atom is 0.0420 e. The quantitative estimate of drug-likeness (QED) is 0.727. The second-order valence-corrected chi connectivity index (χ2v) is 6.82. The Morgan fingerprint density at radius 1 is 1.05 bits per heavy atom. The van der Waals surface area contributed by atoms with Gasteiger partial charge < -0.3 is 0 Å². The van der Waals surface area contributed by atoms with Crippen LogP contribution in [-0.4, -0.2) is 29.7 Å². The smallest absolute Gasteiger partial charge is 0.0420 e. The van der Waals surface area contributed by atoms with Gasteiger partial charge in [0.15, 0.2) is 0 Å². The van der Waals surface area contributed by atoms with E-state index in [4.69, 9.17) is 4.99 Å². The molecule has 0 aromatic rings. The molecule has 2 aliphatic heterocycles. The molecule has 0 aromatic carbocycles. The van der Waals surface area contributed by atoms with Crippen molar-refractivity contribution in [2.45, 2.75) is 71.3 Å². The normalized spacial score (nSPS) is 26.6. The van der Waals surface area contributed by atoms with Crippen LogP contribution in [-0.2, 0) is 0 Å². The molecule has 0 saturated heterocycles. The van der Waals surface area contributed by atoms with Crippen LogP contribution in [0.15, 0.2) is 16.3 Å². The van der Waals surface area contributed by atoms with Crippen LogP contribution in [0.5, 0.6) is 0 Å². The Kier molecular flexibility index (Phi) is 4.07. The van der Waals surface area contributed by atoms with Crippen LogP contribution < -0.4 is 0 Å². The van der Waals surface area contributed by atoms with Crippen LogP contribution in [0.25, 0.3) is 0 Å². The first kappa shape index (κ1) is 13.4. The summed E-state index contributed by atoms with van der Waals surface area (Å²) in [6.07, 6.45) is 10.9. The molecule has 2 heteroatoms. The third-order valence-electron chi connectivity index (χ3n) is 5.16. The Bertz CT molecular complexity index is 386. The lowest BCUT2D eigenvalue weighted by Crippen LogP contribution is -2.41. The Morgan fingerprint density at radius 2 is 1.84 bits per heavy atom. The predicted molar refractivity (Wildman–Crippen MR) is 81.6 cm³/mol. The zero-order valence-corrected chi connectivity index (χ0v) is 12.6. The van der Waals surface area contributed by atoms with Crippen molar-refractivity contribution in [1.82, 2.24) is 4.90 Å². The lowest BCUT2D eigenvalue weighted by molar-refractivity contribution is 0.160. The highest BCUT2D eigenvalue weighted by molar-refractivity contribution is 5.88. The van der Waals surface area contributed by atoms with E-state index in [-0.39, 0.29) is 0 Å². The predicted octanol–water partition coefficient (Wildman–Crippen LogP) is 4.17. The second-order valence-electron chi connectivity index (χ2n) is 6.82.